The average molecular weight is 186 g/mol. The zero-order valence-electron chi connectivity index (χ0n) is 8.62. The Hall–Kier alpha value is -0.770. The van der Waals surface area contributed by atoms with Crippen molar-refractivity contribution < 1.29 is 10.1 Å². The van der Waals surface area contributed by atoms with Crippen LogP contribution in [0.2, 0.25) is 0 Å². The quantitative estimate of drug-likeness (QED) is 0.610. The van der Waals surface area contributed by atoms with Gasteiger partial charge in [0, 0.05) is 13.1 Å². The number of carbonyl (C=O) groups excluding carboxylic acids is 1. The van der Waals surface area contributed by atoms with E-state index >= 15 is 0 Å². The van der Waals surface area contributed by atoms with Crippen LogP contribution in [0.5, 0.6) is 0 Å². The second kappa shape index (κ2) is 5.07. The van der Waals surface area contributed by atoms with Gasteiger partial charge in [-0.25, -0.2) is 4.79 Å². The minimum atomic E-state index is 0.207. The fourth-order valence-corrected chi connectivity index (χ4v) is 1.64. The molecule has 2 amide bonds. The van der Waals surface area contributed by atoms with Crippen molar-refractivity contribution in [2.24, 2.45) is 0 Å². The Balaban J connectivity index is 2.44. The number of amides is 2. The predicted octanol–water partition coefficient (Wildman–Crippen LogP) is -0.673. The average Bonchev–Trinajstić information content (AvgIpc) is 2.21. The van der Waals surface area contributed by atoms with Crippen LogP contribution in [0.3, 0.4) is 0 Å². The van der Waals surface area contributed by atoms with E-state index in [-0.39, 0.29) is 6.03 Å². The van der Waals surface area contributed by atoms with Crippen LogP contribution in [-0.4, -0.2) is 55.1 Å². The molecule has 0 aromatic rings. The first kappa shape index (κ1) is 10.3. The highest BCUT2D eigenvalue weighted by Gasteiger charge is 2.21. The number of carbonyl (C=O) groups is 1. The highest BCUT2D eigenvalue weighted by atomic mass is 16.2. The first-order chi connectivity index (χ1) is 6.29. The molecule has 1 fully saturated rings. The molecule has 0 bridgehead atoms. The first-order valence-electron chi connectivity index (χ1n) is 5.15. The summed E-state index contributed by atoms with van der Waals surface area (Å²) in [6.07, 6.45) is 0. The topological polar surface area (TPSA) is 40.2 Å². The highest BCUT2D eigenvalue weighted by molar-refractivity contribution is 5.74. The van der Waals surface area contributed by atoms with E-state index < -0.39 is 0 Å². The van der Waals surface area contributed by atoms with Crippen LogP contribution in [0, 0.1) is 0 Å². The SMILES string of the molecule is CCN(CC)C(=O)N1CC[NH2+]CC1. The predicted molar refractivity (Wildman–Crippen MR) is 51.5 cm³/mol. The van der Waals surface area contributed by atoms with E-state index in [4.69, 9.17) is 0 Å². The van der Waals surface area contributed by atoms with Crippen molar-refractivity contribution in [3.63, 3.8) is 0 Å². The highest BCUT2D eigenvalue weighted by Crippen LogP contribution is 1.98. The molecule has 0 radical (unpaired) electrons. The van der Waals surface area contributed by atoms with Crippen molar-refractivity contribution in [2.45, 2.75) is 13.8 Å². The molecule has 1 rings (SSSR count). The number of nitrogens with zero attached hydrogens (tertiary/aromatic N) is 2. The van der Waals surface area contributed by atoms with Gasteiger partial charge in [-0.05, 0) is 13.8 Å². The van der Waals surface area contributed by atoms with Crippen LogP contribution in [0.4, 0.5) is 4.79 Å². The Morgan fingerprint density at radius 1 is 1.31 bits per heavy atom. The van der Waals surface area contributed by atoms with Gasteiger partial charge >= 0.3 is 6.03 Å². The summed E-state index contributed by atoms with van der Waals surface area (Å²) in [5, 5.41) is 2.26. The van der Waals surface area contributed by atoms with Gasteiger partial charge in [-0.15, -0.1) is 0 Å². The zero-order valence-corrected chi connectivity index (χ0v) is 8.62. The van der Waals surface area contributed by atoms with Gasteiger partial charge in [-0.1, -0.05) is 0 Å². The number of urea groups is 1. The molecule has 1 aliphatic rings. The molecule has 1 saturated heterocycles. The lowest BCUT2D eigenvalue weighted by Gasteiger charge is -2.30. The monoisotopic (exact) mass is 186 g/mol. The van der Waals surface area contributed by atoms with Gasteiger partial charge in [0.2, 0.25) is 0 Å². The Kier molecular flexibility index (Phi) is 4.02. The van der Waals surface area contributed by atoms with Crippen molar-refractivity contribution in [1.82, 2.24) is 9.80 Å². The van der Waals surface area contributed by atoms with Crippen LogP contribution in [0.15, 0.2) is 0 Å². The minimum absolute atomic E-state index is 0.207. The Morgan fingerprint density at radius 3 is 2.31 bits per heavy atom. The van der Waals surface area contributed by atoms with E-state index in [1.807, 2.05) is 23.6 Å². The number of piperazine rings is 1. The number of rotatable bonds is 2. The van der Waals surface area contributed by atoms with Crippen molar-refractivity contribution >= 4 is 6.03 Å². The summed E-state index contributed by atoms with van der Waals surface area (Å²) in [6.45, 7) is 9.57. The molecule has 0 aromatic heterocycles. The molecule has 0 saturated carbocycles. The maximum Gasteiger partial charge on any atom is 0.320 e. The summed E-state index contributed by atoms with van der Waals surface area (Å²) < 4.78 is 0. The standard InChI is InChI=1S/C9H19N3O/c1-3-11(4-2)9(13)12-7-5-10-6-8-12/h10H,3-8H2,1-2H3/p+1. The van der Waals surface area contributed by atoms with E-state index in [0.717, 1.165) is 39.3 Å². The van der Waals surface area contributed by atoms with Crippen LogP contribution >= 0.6 is 0 Å². The third-order valence-electron chi connectivity index (χ3n) is 2.51. The maximum atomic E-state index is 11.8. The van der Waals surface area contributed by atoms with E-state index in [9.17, 15) is 4.79 Å². The van der Waals surface area contributed by atoms with Crippen LogP contribution in [-0.2, 0) is 0 Å². The van der Waals surface area contributed by atoms with Gasteiger partial charge in [-0.3, -0.25) is 0 Å². The van der Waals surface area contributed by atoms with Gasteiger partial charge in [0.1, 0.15) is 0 Å². The summed E-state index contributed by atoms with van der Waals surface area (Å²) in [5.41, 5.74) is 0. The van der Waals surface area contributed by atoms with Crippen molar-refractivity contribution in [3.05, 3.63) is 0 Å². The summed E-state index contributed by atoms with van der Waals surface area (Å²) in [5.74, 6) is 0. The third kappa shape index (κ3) is 2.59. The number of hydrogen-bond donors (Lipinski definition) is 1. The summed E-state index contributed by atoms with van der Waals surface area (Å²) in [7, 11) is 0. The zero-order chi connectivity index (χ0) is 9.68. The molecule has 4 heteroatoms. The third-order valence-corrected chi connectivity index (χ3v) is 2.51. The number of nitrogens with two attached hydrogens (primary N) is 1. The van der Waals surface area contributed by atoms with Crippen molar-refractivity contribution in [2.75, 3.05) is 39.3 Å². The minimum Gasteiger partial charge on any atom is -0.343 e. The lowest BCUT2D eigenvalue weighted by molar-refractivity contribution is -0.662. The van der Waals surface area contributed by atoms with Crippen LogP contribution in [0.1, 0.15) is 13.8 Å². The molecule has 13 heavy (non-hydrogen) atoms. The Morgan fingerprint density at radius 2 is 1.85 bits per heavy atom. The fraction of sp³-hybridized carbons (Fsp3) is 0.889. The van der Waals surface area contributed by atoms with Crippen molar-refractivity contribution in [1.29, 1.82) is 0 Å². The van der Waals surface area contributed by atoms with Gasteiger partial charge in [0.25, 0.3) is 0 Å². The number of hydrogen-bond acceptors (Lipinski definition) is 1. The lowest BCUT2D eigenvalue weighted by Crippen LogP contribution is -2.90. The molecular formula is C9H20N3O+. The molecular weight excluding hydrogens is 166 g/mol. The van der Waals surface area contributed by atoms with Gasteiger partial charge in [-0.2, -0.15) is 0 Å². The molecule has 0 aliphatic carbocycles. The Bertz CT molecular complexity index is 162. The molecule has 0 spiro atoms. The Labute approximate surface area is 79.9 Å². The summed E-state index contributed by atoms with van der Waals surface area (Å²) in [4.78, 5) is 15.6. The van der Waals surface area contributed by atoms with Crippen molar-refractivity contribution in [3.8, 4) is 0 Å². The van der Waals surface area contributed by atoms with Crippen LogP contribution in [0.25, 0.3) is 0 Å². The van der Waals surface area contributed by atoms with E-state index in [2.05, 4.69) is 5.32 Å². The molecule has 2 N–H and O–H groups in total. The molecule has 1 heterocycles. The molecule has 0 unspecified atom stereocenters. The van der Waals surface area contributed by atoms with Gasteiger partial charge in [0.05, 0.1) is 26.2 Å². The smallest absolute Gasteiger partial charge is 0.320 e. The van der Waals surface area contributed by atoms with E-state index in [0.29, 0.717) is 0 Å². The largest absolute Gasteiger partial charge is 0.343 e. The van der Waals surface area contributed by atoms with E-state index in [1.165, 1.54) is 0 Å². The second-order valence-electron chi connectivity index (χ2n) is 3.31. The normalized spacial score (nSPS) is 17.2. The van der Waals surface area contributed by atoms with Gasteiger partial charge in [0.15, 0.2) is 0 Å². The maximum absolute atomic E-state index is 11.8. The molecule has 0 aromatic carbocycles. The van der Waals surface area contributed by atoms with E-state index in [1.54, 1.807) is 0 Å². The fourth-order valence-electron chi connectivity index (χ4n) is 1.64. The first-order valence-corrected chi connectivity index (χ1v) is 5.15. The molecule has 0 atom stereocenters. The summed E-state index contributed by atoms with van der Waals surface area (Å²) in [6, 6.07) is 0.207. The molecule has 76 valence electrons. The molecule has 1 aliphatic heterocycles. The lowest BCUT2D eigenvalue weighted by atomic mass is 10.4. The van der Waals surface area contributed by atoms with Crippen LogP contribution < -0.4 is 5.32 Å². The summed E-state index contributed by atoms with van der Waals surface area (Å²) >= 11 is 0. The second-order valence-corrected chi connectivity index (χ2v) is 3.31. The number of quaternary nitrogens is 1. The van der Waals surface area contributed by atoms with Gasteiger partial charge < -0.3 is 15.1 Å². The molecule has 4 nitrogen and oxygen atoms in total.